The summed E-state index contributed by atoms with van der Waals surface area (Å²) in [5.41, 5.74) is 2.90. The minimum absolute atomic E-state index is 0.139. The Hall–Kier alpha value is -3.94. The normalized spacial score (nSPS) is 10.2. The Kier molecular flexibility index (Phi) is 6.03. The SMILES string of the molecule is COc1cccc(NC(=O)c2cc(C)nc(Nc3ccc(NC(C)=O)cc3)n2)c1. The van der Waals surface area contributed by atoms with Crippen molar-refractivity contribution in [3.05, 3.63) is 66.0 Å². The molecule has 1 aromatic heterocycles. The zero-order valence-corrected chi connectivity index (χ0v) is 16.3. The lowest BCUT2D eigenvalue weighted by molar-refractivity contribution is -0.114. The number of aryl methyl sites for hydroxylation is 1. The van der Waals surface area contributed by atoms with E-state index in [1.54, 1.807) is 68.6 Å². The summed E-state index contributed by atoms with van der Waals surface area (Å²) in [4.78, 5) is 32.3. The van der Waals surface area contributed by atoms with E-state index in [2.05, 4.69) is 25.9 Å². The fraction of sp³-hybridized carbons (Fsp3) is 0.143. The van der Waals surface area contributed by atoms with Crippen molar-refractivity contribution in [1.29, 1.82) is 0 Å². The summed E-state index contributed by atoms with van der Waals surface area (Å²) in [5.74, 6) is 0.451. The Balaban J connectivity index is 1.75. The quantitative estimate of drug-likeness (QED) is 0.591. The maximum absolute atomic E-state index is 12.6. The minimum atomic E-state index is -0.354. The lowest BCUT2D eigenvalue weighted by atomic mass is 10.2. The number of ether oxygens (including phenoxy) is 1. The van der Waals surface area contributed by atoms with Gasteiger partial charge in [-0.25, -0.2) is 9.97 Å². The van der Waals surface area contributed by atoms with E-state index in [9.17, 15) is 9.59 Å². The van der Waals surface area contributed by atoms with Crippen LogP contribution in [0.1, 0.15) is 23.1 Å². The molecule has 3 aromatic rings. The molecule has 1 heterocycles. The summed E-state index contributed by atoms with van der Waals surface area (Å²) in [5, 5.41) is 8.57. The molecule has 8 heteroatoms. The van der Waals surface area contributed by atoms with Gasteiger partial charge in [0.2, 0.25) is 11.9 Å². The highest BCUT2D eigenvalue weighted by Crippen LogP contribution is 2.19. The molecule has 0 aliphatic carbocycles. The largest absolute Gasteiger partial charge is 0.497 e. The molecule has 0 bridgehead atoms. The Morgan fingerprint density at radius 1 is 0.897 bits per heavy atom. The molecule has 0 aliphatic heterocycles. The summed E-state index contributed by atoms with van der Waals surface area (Å²) < 4.78 is 5.17. The number of hydrogen-bond acceptors (Lipinski definition) is 6. The molecule has 3 N–H and O–H groups in total. The van der Waals surface area contributed by atoms with Crippen LogP contribution in [0.25, 0.3) is 0 Å². The van der Waals surface area contributed by atoms with Gasteiger partial charge in [0.05, 0.1) is 7.11 Å². The number of methoxy groups -OCH3 is 1. The molecule has 0 saturated heterocycles. The molecular weight excluding hydrogens is 370 g/mol. The van der Waals surface area contributed by atoms with Crippen LogP contribution in [-0.2, 0) is 4.79 Å². The van der Waals surface area contributed by atoms with Gasteiger partial charge >= 0.3 is 0 Å². The molecular formula is C21H21N5O3. The Bertz CT molecular complexity index is 1030. The third kappa shape index (κ3) is 5.52. The van der Waals surface area contributed by atoms with Crippen molar-refractivity contribution in [3.63, 3.8) is 0 Å². The van der Waals surface area contributed by atoms with Crippen LogP contribution >= 0.6 is 0 Å². The number of carbonyl (C=O) groups is 2. The number of rotatable bonds is 6. The number of nitrogens with one attached hydrogen (secondary N) is 3. The number of hydrogen-bond donors (Lipinski definition) is 3. The molecule has 0 unspecified atom stereocenters. The number of aromatic nitrogens is 2. The molecule has 0 spiro atoms. The van der Waals surface area contributed by atoms with Gasteiger partial charge in [-0.1, -0.05) is 6.07 Å². The highest BCUT2D eigenvalue weighted by molar-refractivity contribution is 6.03. The van der Waals surface area contributed by atoms with E-state index in [0.717, 1.165) is 5.69 Å². The minimum Gasteiger partial charge on any atom is -0.497 e. The first-order chi connectivity index (χ1) is 13.9. The standard InChI is InChI=1S/C21H21N5O3/c1-13-11-19(20(28)24-17-5-4-6-18(12-17)29-3)26-21(22-13)25-16-9-7-15(8-10-16)23-14(2)27/h4-12H,1-3H3,(H,23,27)(H,24,28)(H,22,25,26). The molecule has 8 nitrogen and oxygen atoms in total. The average Bonchev–Trinajstić information content (AvgIpc) is 2.69. The number of nitrogens with zero attached hydrogens (tertiary/aromatic N) is 2. The summed E-state index contributed by atoms with van der Waals surface area (Å²) >= 11 is 0. The van der Waals surface area contributed by atoms with Crippen molar-refractivity contribution < 1.29 is 14.3 Å². The monoisotopic (exact) mass is 391 g/mol. The molecule has 0 fully saturated rings. The van der Waals surface area contributed by atoms with Crippen LogP contribution in [0.2, 0.25) is 0 Å². The topological polar surface area (TPSA) is 105 Å². The Morgan fingerprint density at radius 2 is 1.62 bits per heavy atom. The van der Waals surface area contributed by atoms with E-state index < -0.39 is 0 Å². The molecule has 0 aliphatic rings. The molecule has 2 amide bonds. The second kappa shape index (κ2) is 8.83. The molecule has 2 aromatic carbocycles. The van der Waals surface area contributed by atoms with E-state index in [0.29, 0.717) is 28.8 Å². The summed E-state index contributed by atoms with van der Waals surface area (Å²) in [6.07, 6.45) is 0. The summed E-state index contributed by atoms with van der Waals surface area (Å²) in [6.45, 7) is 3.24. The first-order valence-corrected chi connectivity index (χ1v) is 8.89. The number of amides is 2. The smallest absolute Gasteiger partial charge is 0.274 e. The maximum Gasteiger partial charge on any atom is 0.274 e. The van der Waals surface area contributed by atoms with Gasteiger partial charge < -0.3 is 20.7 Å². The highest BCUT2D eigenvalue weighted by Gasteiger charge is 2.12. The van der Waals surface area contributed by atoms with Gasteiger partial charge in [-0.3, -0.25) is 9.59 Å². The highest BCUT2D eigenvalue weighted by atomic mass is 16.5. The van der Waals surface area contributed by atoms with Crippen LogP contribution in [0.15, 0.2) is 54.6 Å². The fourth-order valence-corrected chi connectivity index (χ4v) is 2.61. The van der Waals surface area contributed by atoms with E-state index in [1.807, 2.05) is 0 Å². The first-order valence-electron chi connectivity index (χ1n) is 8.89. The summed E-state index contributed by atoms with van der Waals surface area (Å²) in [7, 11) is 1.56. The van der Waals surface area contributed by atoms with Crippen LogP contribution < -0.4 is 20.7 Å². The maximum atomic E-state index is 12.6. The zero-order chi connectivity index (χ0) is 20.8. The van der Waals surface area contributed by atoms with Gasteiger partial charge in [-0.05, 0) is 49.4 Å². The van der Waals surface area contributed by atoms with Gasteiger partial charge in [0.25, 0.3) is 5.91 Å². The van der Waals surface area contributed by atoms with Crippen molar-refractivity contribution >= 4 is 34.8 Å². The van der Waals surface area contributed by atoms with Crippen molar-refractivity contribution in [1.82, 2.24) is 9.97 Å². The Morgan fingerprint density at radius 3 is 2.31 bits per heavy atom. The number of carbonyl (C=O) groups excluding carboxylic acids is 2. The van der Waals surface area contributed by atoms with E-state index >= 15 is 0 Å². The summed E-state index contributed by atoms with van der Waals surface area (Å²) in [6, 6.07) is 15.8. The van der Waals surface area contributed by atoms with Crippen molar-refractivity contribution in [2.75, 3.05) is 23.1 Å². The van der Waals surface area contributed by atoms with Crippen LogP contribution in [-0.4, -0.2) is 28.9 Å². The second-order valence-corrected chi connectivity index (χ2v) is 6.29. The van der Waals surface area contributed by atoms with E-state index in [1.165, 1.54) is 6.92 Å². The first kappa shape index (κ1) is 19.8. The number of benzene rings is 2. The molecule has 148 valence electrons. The van der Waals surface area contributed by atoms with Crippen molar-refractivity contribution in [2.24, 2.45) is 0 Å². The predicted molar refractivity (Wildman–Crippen MR) is 112 cm³/mol. The van der Waals surface area contributed by atoms with Gasteiger partial charge in [0.15, 0.2) is 0 Å². The molecule has 29 heavy (non-hydrogen) atoms. The van der Waals surface area contributed by atoms with E-state index in [4.69, 9.17) is 4.74 Å². The van der Waals surface area contributed by atoms with Crippen molar-refractivity contribution in [2.45, 2.75) is 13.8 Å². The number of anilines is 4. The van der Waals surface area contributed by atoms with Gasteiger partial charge in [-0.2, -0.15) is 0 Å². The van der Waals surface area contributed by atoms with Crippen molar-refractivity contribution in [3.8, 4) is 5.75 Å². The zero-order valence-electron chi connectivity index (χ0n) is 16.3. The van der Waals surface area contributed by atoms with Crippen LogP contribution in [0.4, 0.5) is 23.0 Å². The Labute approximate surface area is 168 Å². The lowest BCUT2D eigenvalue weighted by Gasteiger charge is -2.10. The van der Waals surface area contributed by atoms with Crippen LogP contribution in [0.5, 0.6) is 5.75 Å². The van der Waals surface area contributed by atoms with Gasteiger partial charge in [0.1, 0.15) is 11.4 Å². The fourth-order valence-electron chi connectivity index (χ4n) is 2.61. The molecule has 0 saturated carbocycles. The third-order valence-electron chi connectivity index (χ3n) is 3.88. The van der Waals surface area contributed by atoms with Crippen LogP contribution in [0.3, 0.4) is 0 Å². The lowest BCUT2D eigenvalue weighted by Crippen LogP contribution is -2.15. The predicted octanol–water partition coefficient (Wildman–Crippen LogP) is 3.75. The van der Waals surface area contributed by atoms with Gasteiger partial charge in [-0.15, -0.1) is 0 Å². The second-order valence-electron chi connectivity index (χ2n) is 6.29. The van der Waals surface area contributed by atoms with Crippen LogP contribution in [0, 0.1) is 6.92 Å². The van der Waals surface area contributed by atoms with Gasteiger partial charge in [0, 0.05) is 35.7 Å². The molecule has 0 radical (unpaired) electrons. The third-order valence-corrected chi connectivity index (χ3v) is 3.88. The molecule has 0 atom stereocenters. The van der Waals surface area contributed by atoms with E-state index in [-0.39, 0.29) is 17.5 Å². The molecule has 3 rings (SSSR count). The average molecular weight is 391 g/mol.